The molecule has 0 saturated carbocycles. The molecule has 2 heterocycles. The van der Waals surface area contributed by atoms with Crippen molar-refractivity contribution in [1.82, 2.24) is 0 Å². The number of carbonyl (C=O) groups excluding carboxylic acids is 1. The van der Waals surface area contributed by atoms with Crippen molar-refractivity contribution >= 4 is 33.9 Å². The van der Waals surface area contributed by atoms with Gasteiger partial charge in [-0.1, -0.05) is 30.4 Å². The molecule has 0 radical (unpaired) electrons. The second kappa shape index (κ2) is 6.66. The number of halogens is 1. The first kappa shape index (κ1) is 15.3. The van der Waals surface area contributed by atoms with Crippen molar-refractivity contribution in [2.45, 2.75) is 0 Å². The minimum atomic E-state index is -0.516. The Balaban J connectivity index is 1.81. The summed E-state index contributed by atoms with van der Waals surface area (Å²) in [6.07, 6.45) is 5.13. The number of aliphatic imine (C=N–C) groups is 1. The maximum atomic E-state index is 11.8. The minimum absolute atomic E-state index is 0.151. The molecule has 1 aliphatic heterocycles. The van der Waals surface area contributed by atoms with Crippen LogP contribution < -0.4 is 4.74 Å². The summed E-state index contributed by atoms with van der Waals surface area (Å²) in [7, 11) is 1.61. The largest absolute Gasteiger partial charge is 0.496 e. The Kier molecular flexibility index (Phi) is 4.43. The van der Waals surface area contributed by atoms with E-state index in [0.717, 1.165) is 11.3 Å². The molecule has 1 aliphatic rings. The fraction of sp³-hybridized carbons (Fsp3) is 0.0588. The van der Waals surface area contributed by atoms with Crippen LogP contribution in [0.4, 0.5) is 0 Å². The van der Waals surface area contributed by atoms with Crippen molar-refractivity contribution < 1.29 is 18.7 Å². The third-order valence-corrected chi connectivity index (χ3v) is 3.50. The van der Waals surface area contributed by atoms with Gasteiger partial charge in [-0.15, -0.1) is 0 Å². The van der Waals surface area contributed by atoms with Crippen LogP contribution in [-0.2, 0) is 9.53 Å². The van der Waals surface area contributed by atoms with Crippen LogP contribution in [0.5, 0.6) is 5.75 Å². The van der Waals surface area contributed by atoms with Gasteiger partial charge >= 0.3 is 5.97 Å². The molecule has 0 atom stereocenters. The van der Waals surface area contributed by atoms with Crippen LogP contribution in [0.2, 0.25) is 0 Å². The Morgan fingerprint density at radius 1 is 1.22 bits per heavy atom. The molecule has 5 nitrogen and oxygen atoms in total. The summed E-state index contributed by atoms with van der Waals surface area (Å²) in [5.74, 6) is 0.776. The molecule has 0 aliphatic carbocycles. The van der Waals surface area contributed by atoms with Gasteiger partial charge in [0.15, 0.2) is 16.1 Å². The van der Waals surface area contributed by atoms with Crippen LogP contribution in [-0.4, -0.2) is 19.0 Å². The van der Waals surface area contributed by atoms with E-state index in [1.165, 1.54) is 0 Å². The number of allylic oxidation sites excluding steroid dienone is 2. The van der Waals surface area contributed by atoms with E-state index in [4.69, 9.17) is 13.9 Å². The first-order valence-corrected chi connectivity index (χ1v) is 7.54. The molecule has 6 heteroatoms. The first-order valence-electron chi connectivity index (χ1n) is 6.75. The smallest absolute Gasteiger partial charge is 0.363 e. The molecule has 1 aromatic heterocycles. The Morgan fingerprint density at radius 2 is 2.04 bits per heavy atom. The van der Waals surface area contributed by atoms with Gasteiger partial charge in [0.05, 0.1) is 7.11 Å². The van der Waals surface area contributed by atoms with E-state index in [9.17, 15) is 4.79 Å². The molecular formula is C17H12BrNO4. The lowest BCUT2D eigenvalue weighted by molar-refractivity contribution is -0.130. The van der Waals surface area contributed by atoms with E-state index in [1.54, 1.807) is 31.4 Å². The highest BCUT2D eigenvalue weighted by Gasteiger charge is 2.25. The number of methoxy groups -OCH3 is 1. The van der Waals surface area contributed by atoms with Crippen LogP contribution in [0.15, 0.2) is 68.3 Å². The monoisotopic (exact) mass is 373 g/mol. The second-order valence-electron chi connectivity index (χ2n) is 4.56. The third kappa shape index (κ3) is 3.43. The average Bonchev–Trinajstić information content (AvgIpc) is 3.14. The zero-order chi connectivity index (χ0) is 16.2. The van der Waals surface area contributed by atoms with Gasteiger partial charge in [0, 0.05) is 5.56 Å². The van der Waals surface area contributed by atoms with E-state index in [-0.39, 0.29) is 11.6 Å². The van der Waals surface area contributed by atoms with E-state index < -0.39 is 5.97 Å². The first-order chi connectivity index (χ1) is 11.2. The number of para-hydroxylation sites is 1. The van der Waals surface area contributed by atoms with Crippen molar-refractivity contribution in [3.8, 4) is 5.75 Å². The van der Waals surface area contributed by atoms with E-state index in [0.29, 0.717) is 10.4 Å². The number of hydrogen-bond donors (Lipinski definition) is 0. The second-order valence-corrected chi connectivity index (χ2v) is 5.34. The van der Waals surface area contributed by atoms with Crippen molar-refractivity contribution in [3.05, 3.63) is 70.2 Å². The Hall–Kier alpha value is -2.60. The molecule has 1 aromatic carbocycles. The summed E-state index contributed by atoms with van der Waals surface area (Å²) >= 11 is 3.19. The van der Waals surface area contributed by atoms with Gasteiger partial charge in [-0.3, -0.25) is 0 Å². The Labute approximate surface area is 141 Å². The van der Waals surface area contributed by atoms with E-state index >= 15 is 0 Å². The molecule has 0 N–H and O–H groups in total. The summed E-state index contributed by atoms with van der Waals surface area (Å²) in [4.78, 5) is 15.9. The molecule has 0 saturated heterocycles. The molecule has 0 amide bonds. The van der Waals surface area contributed by atoms with Crippen molar-refractivity contribution in [1.29, 1.82) is 0 Å². The minimum Gasteiger partial charge on any atom is -0.496 e. The summed E-state index contributed by atoms with van der Waals surface area (Å²) in [6, 6.07) is 10.9. The van der Waals surface area contributed by atoms with Crippen LogP contribution in [0, 0.1) is 0 Å². The lowest BCUT2D eigenvalue weighted by Crippen LogP contribution is -2.04. The number of carbonyl (C=O) groups is 1. The maximum Gasteiger partial charge on any atom is 0.363 e. The fourth-order valence-electron chi connectivity index (χ4n) is 2.00. The number of esters is 1. The summed E-state index contributed by atoms with van der Waals surface area (Å²) in [5, 5.41) is 0. The number of furan rings is 1. The van der Waals surface area contributed by atoms with Crippen molar-refractivity contribution in [2.24, 2.45) is 4.99 Å². The highest BCUT2D eigenvalue weighted by Crippen LogP contribution is 2.22. The van der Waals surface area contributed by atoms with Gasteiger partial charge in [-0.25, -0.2) is 9.79 Å². The van der Waals surface area contributed by atoms with E-state index in [1.807, 2.05) is 30.3 Å². The highest BCUT2D eigenvalue weighted by molar-refractivity contribution is 9.10. The Bertz CT molecular complexity index is 833. The van der Waals surface area contributed by atoms with Gasteiger partial charge in [0.25, 0.3) is 5.90 Å². The molecule has 116 valence electrons. The van der Waals surface area contributed by atoms with Gasteiger partial charge < -0.3 is 13.9 Å². The molecular weight excluding hydrogens is 362 g/mol. The fourth-order valence-corrected chi connectivity index (χ4v) is 2.31. The molecule has 23 heavy (non-hydrogen) atoms. The number of nitrogens with zero attached hydrogens (tertiary/aromatic N) is 1. The van der Waals surface area contributed by atoms with Crippen molar-refractivity contribution in [2.75, 3.05) is 7.11 Å². The average molecular weight is 374 g/mol. The molecule has 3 rings (SSSR count). The number of rotatable bonds is 4. The molecule has 0 unspecified atom stereocenters. The number of cyclic esters (lactones) is 1. The van der Waals surface area contributed by atoms with Gasteiger partial charge in [-0.2, -0.15) is 0 Å². The number of hydrogen-bond acceptors (Lipinski definition) is 5. The lowest BCUT2D eigenvalue weighted by atomic mass is 10.2. The predicted octanol–water partition coefficient (Wildman–Crippen LogP) is 3.95. The van der Waals surface area contributed by atoms with Crippen molar-refractivity contribution in [3.63, 3.8) is 0 Å². The zero-order valence-electron chi connectivity index (χ0n) is 12.2. The molecule has 2 aromatic rings. The molecule has 0 bridgehead atoms. The van der Waals surface area contributed by atoms with Gasteiger partial charge in [0.1, 0.15) is 5.75 Å². The van der Waals surface area contributed by atoms with Crippen LogP contribution in [0.1, 0.15) is 11.3 Å². The SMILES string of the molecule is COc1ccccc1C=CC=C1N=C(c2ccc(Br)o2)OC1=O. The van der Waals surface area contributed by atoms with Crippen LogP contribution in [0.3, 0.4) is 0 Å². The highest BCUT2D eigenvalue weighted by atomic mass is 79.9. The number of ether oxygens (including phenoxy) is 2. The standard InChI is InChI=1S/C17H12BrNO4/c1-21-13-8-3-2-5-11(13)6-4-7-12-17(20)23-16(19-12)14-9-10-15(18)22-14/h2-10H,1H3. The summed E-state index contributed by atoms with van der Waals surface area (Å²) < 4.78 is 16.2. The predicted molar refractivity (Wildman–Crippen MR) is 89.1 cm³/mol. The number of benzene rings is 1. The molecule has 0 fully saturated rings. The summed E-state index contributed by atoms with van der Waals surface area (Å²) in [6.45, 7) is 0. The topological polar surface area (TPSA) is 61.0 Å². The summed E-state index contributed by atoms with van der Waals surface area (Å²) in [5.41, 5.74) is 1.11. The quantitative estimate of drug-likeness (QED) is 0.601. The maximum absolute atomic E-state index is 11.8. The van der Waals surface area contributed by atoms with Gasteiger partial charge in [-0.05, 0) is 40.2 Å². The molecule has 0 spiro atoms. The zero-order valence-corrected chi connectivity index (χ0v) is 13.7. The Morgan fingerprint density at radius 3 is 2.78 bits per heavy atom. The van der Waals surface area contributed by atoms with Crippen LogP contribution in [0.25, 0.3) is 6.08 Å². The van der Waals surface area contributed by atoms with E-state index in [2.05, 4.69) is 20.9 Å². The third-order valence-electron chi connectivity index (χ3n) is 3.07. The van der Waals surface area contributed by atoms with Crippen LogP contribution >= 0.6 is 15.9 Å². The lowest BCUT2D eigenvalue weighted by Gasteiger charge is -2.02. The van der Waals surface area contributed by atoms with Gasteiger partial charge in [0.2, 0.25) is 0 Å². The normalized spacial score (nSPS) is 16.0.